The van der Waals surface area contributed by atoms with Crippen LogP contribution >= 0.6 is 0 Å². The van der Waals surface area contributed by atoms with Gasteiger partial charge in [0.25, 0.3) is 5.91 Å². The van der Waals surface area contributed by atoms with Crippen molar-refractivity contribution < 1.29 is 9.53 Å². The lowest BCUT2D eigenvalue weighted by molar-refractivity contribution is 0.0963. The lowest BCUT2D eigenvalue weighted by Gasteiger charge is -2.28. The third-order valence-electron chi connectivity index (χ3n) is 7.28. The number of aryl methyl sites for hydroxylation is 1. The number of amides is 1. The van der Waals surface area contributed by atoms with Gasteiger partial charge in [-0.15, -0.1) is 0 Å². The predicted molar refractivity (Wildman–Crippen MR) is 161 cm³/mol. The number of nitrogens with one attached hydrogen (secondary N) is 3. The minimum atomic E-state index is -0.313. The quantitative estimate of drug-likeness (QED) is 0.206. The molecular formula is C31H36N8O2. The van der Waals surface area contributed by atoms with E-state index in [1.54, 1.807) is 26.6 Å². The van der Waals surface area contributed by atoms with Crippen LogP contribution in [0.1, 0.15) is 43.0 Å². The Morgan fingerprint density at radius 3 is 2.76 bits per heavy atom. The molecule has 0 radical (unpaired) electrons. The van der Waals surface area contributed by atoms with Crippen LogP contribution in [0, 0.1) is 11.8 Å². The van der Waals surface area contributed by atoms with E-state index in [2.05, 4.69) is 49.5 Å². The number of anilines is 4. The molecular weight excluding hydrogens is 516 g/mol. The fourth-order valence-electron chi connectivity index (χ4n) is 5.48. The smallest absolute Gasteiger partial charge is 0.256 e. The standard InChI is InChI=1S/C31H36N8O2/c1-20-14-21(2)16-22(15-20)11-13-39-19-23(17-35-39)36-31-34-18-25(30(40)32-3)29(38-31)37-27-10-7-8-24(28(27)41-4)26-9-5-6-12-33-26/h5-10,12,17-19,21-22H,1,11,13-16H2,2-4H3,(H,32,40)(H2,34,36,37,38). The Morgan fingerprint density at radius 2 is 2.00 bits per heavy atom. The third kappa shape index (κ3) is 6.71. The number of allylic oxidation sites excluding steroid dienone is 1. The molecule has 212 valence electrons. The Balaban J connectivity index is 1.35. The molecule has 1 saturated carbocycles. The van der Waals surface area contributed by atoms with E-state index in [1.165, 1.54) is 18.2 Å². The molecule has 1 fully saturated rings. The summed E-state index contributed by atoms with van der Waals surface area (Å²) in [6.45, 7) is 7.36. The van der Waals surface area contributed by atoms with Crippen LogP contribution in [-0.4, -0.2) is 44.8 Å². The minimum absolute atomic E-state index is 0.294. The number of carbonyl (C=O) groups excluding carboxylic acids is 1. The van der Waals surface area contributed by atoms with Gasteiger partial charge >= 0.3 is 0 Å². The van der Waals surface area contributed by atoms with Crippen molar-refractivity contribution in [3.63, 3.8) is 0 Å². The first-order chi connectivity index (χ1) is 19.9. The van der Waals surface area contributed by atoms with Crippen molar-refractivity contribution in [2.45, 2.75) is 39.2 Å². The van der Waals surface area contributed by atoms with Gasteiger partial charge in [0.05, 0.1) is 30.4 Å². The van der Waals surface area contributed by atoms with E-state index in [0.29, 0.717) is 40.6 Å². The first-order valence-electron chi connectivity index (χ1n) is 13.8. The Morgan fingerprint density at radius 1 is 1.12 bits per heavy atom. The maximum Gasteiger partial charge on any atom is 0.256 e. The lowest BCUT2D eigenvalue weighted by Crippen LogP contribution is -2.20. The van der Waals surface area contributed by atoms with Crippen molar-refractivity contribution in [1.82, 2.24) is 30.0 Å². The van der Waals surface area contributed by atoms with E-state index in [-0.39, 0.29) is 5.91 Å². The van der Waals surface area contributed by atoms with Crippen molar-refractivity contribution in [1.29, 1.82) is 0 Å². The van der Waals surface area contributed by atoms with Gasteiger partial charge in [0.2, 0.25) is 5.95 Å². The van der Waals surface area contributed by atoms with Gasteiger partial charge in [0.1, 0.15) is 11.4 Å². The minimum Gasteiger partial charge on any atom is -0.494 e. The van der Waals surface area contributed by atoms with E-state index in [0.717, 1.165) is 42.8 Å². The van der Waals surface area contributed by atoms with Crippen molar-refractivity contribution in [2.75, 3.05) is 24.8 Å². The van der Waals surface area contributed by atoms with E-state index in [9.17, 15) is 4.79 Å². The van der Waals surface area contributed by atoms with Gasteiger partial charge in [-0.25, -0.2) is 4.98 Å². The van der Waals surface area contributed by atoms with E-state index in [1.807, 2.05) is 47.3 Å². The molecule has 10 heteroatoms. The molecule has 3 aromatic heterocycles. The summed E-state index contributed by atoms with van der Waals surface area (Å²) in [5, 5.41) is 13.7. The average Bonchev–Trinajstić information content (AvgIpc) is 3.43. The highest BCUT2D eigenvalue weighted by molar-refractivity contribution is 5.99. The van der Waals surface area contributed by atoms with Gasteiger partial charge in [0.15, 0.2) is 5.75 Å². The molecule has 1 aliphatic carbocycles. The third-order valence-corrected chi connectivity index (χ3v) is 7.28. The summed E-state index contributed by atoms with van der Waals surface area (Å²) in [6, 6.07) is 11.4. The number of aromatic nitrogens is 5. The highest BCUT2D eigenvalue weighted by Crippen LogP contribution is 2.37. The van der Waals surface area contributed by atoms with E-state index in [4.69, 9.17) is 4.74 Å². The van der Waals surface area contributed by atoms with Gasteiger partial charge in [-0.3, -0.25) is 14.5 Å². The molecule has 5 rings (SSSR count). The molecule has 2 unspecified atom stereocenters. The van der Waals surface area contributed by atoms with Gasteiger partial charge in [-0.05, 0) is 61.8 Å². The molecule has 4 aromatic rings. The lowest BCUT2D eigenvalue weighted by atomic mass is 9.78. The summed E-state index contributed by atoms with van der Waals surface area (Å²) in [7, 11) is 3.17. The van der Waals surface area contributed by atoms with Gasteiger partial charge < -0.3 is 20.7 Å². The Kier molecular flexibility index (Phi) is 8.57. The zero-order valence-electron chi connectivity index (χ0n) is 23.7. The van der Waals surface area contributed by atoms with Gasteiger partial charge in [0, 0.05) is 37.7 Å². The molecule has 1 amide bonds. The van der Waals surface area contributed by atoms with Crippen LogP contribution in [0.2, 0.25) is 0 Å². The second-order valence-electron chi connectivity index (χ2n) is 10.5. The topological polar surface area (TPSA) is 119 Å². The number of rotatable bonds is 10. The number of hydrogen-bond donors (Lipinski definition) is 3. The summed E-state index contributed by atoms with van der Waals surface area (Å²) >= 11 is 0. The average molecular weight is 553 g/mol. The second-order valence-corrected chi connectivity index (χ2v) is 10.5. The number of pyridine rings is 1. The molecule has 0 bridgehead atoms. The molecule has 0 saturated heterocycles. The van der Waals surface area contributed by atoms with Crippen molar-refractivity contribution >= 4 is 29.0 Å². The van der Waals surface area contributed by atoms with Crippen LogP contribution in [0.5, 0.6) is 5.75 Å². The Hall–Kier alpha value is -4.73. The fourth-order valence-corrected chi connectivity index (χ4v) is 5.48. The number of carbonyl (C=O) groups is 1. The van der Waals surface area contributed by atoms with Crippen LogP contribution < -0.4 is 20.7 Å². The maximum atomic E-state index is 12.7. The monoisotopic (exact) mass is 552 g/mol. The number of hydrogen-bond acceptors (Lipinski definition) is 8. The van der Waals surface area contributed by atoms with Crippen LogP contribution in [-0.2, 0) is 6.54 Å². The highest BCUT2D eigenvalue weighted by Gasteiger charge is 2.21. The molecule has 0 aliphatic heterocycles. The largest absolute Gasteiger partial charge is 0.494 e. The molecule has 1 aromatic carbocycles. The molecule has 3 N–H and O–H groups in total. The SMILES string of the molecule is C=C1CC(C)CC(CCn2cc(Nc3ncc(C(=O)NC)c(Nc4cccc(-c5ccccn5)c4OC)n3)cn2)C1. The number of ether oxygens (including phenoxy) is 1. The van der Waals surface area contributed by atoms with E-state index < -0.39 is 0 Å². The molecule has 0 spiro atoms. The molecule has 41 heavy (non-hydrogen) atoms. The molecule has 10 nitrogen and oxygen atoms in total. The summed E-state index contributed by atoms with van der Waals surface area (Å²) in [5.74, 6) is 2.28. The summed E-state index contributed by atoms with van der Waals surface area (Å²) in [5.41, 5.74) is 4.63. The van der Waals surface area contributed by atoms with E-state index >= 15 is 0 Å². The Bertz CT molecular complexity index is 1520. The van der Waals surface area contributed by atoms with Crippen LogP contribution in [0.25, 0.3) is 11.3 Å². The van der Waals surface area contributed by atoms with Crippen molar-refractivity contribution in [3.05, 3.63) is 78.9 Å². The highest BCUT2D eigenvalue weighted by atomic mass is 16.5. The summed E-state index contributed by atoms with van der Waals surface area (Å²) in [6.07, 6.45) is 11.5. The fraction of sp³-hybridized carbons (Fsp3) is 0.323. The van der Waals surface area contributed by atoms with Crippen LogP contribution in [0.4, 0.5) is 23.1 Å². The maximum absolute atomic E-state index is 12.7. The molecule has 3 heterocycles. The molecule has 1 aliphatic rings. The Labute approximate surface area is 240 Å². The van der Waals surface area contributed by atoms with Crippen LogP contribution in [0.15, 0.2) is 73.3 Å². The normalized spacial score (nSPS) is 16.7. The first kappa shape index (κ1) is 27.8. The predicted octanol–water partition coefficient (Wildman–Crippen LogP) is 5.97. The van der Waals surface area contributed by atoms with Crippen molar-refractivity contribution in [3.8, 4) is 17.0 Å². The first-order valence-corrected chi connectivity index (χ1v) is 13.8. The molecule has 2 atom stereocenters. The van der Waals surface area contributed by atoms with Gasteiger partial charge in [-0.1, -0.05) is 31.2 Å². The zero-order valence-corrected chi connectivity index (χ0v) is 23.7. The summed E-state index contributed by atoms with van der Waals surface area (Å²) in [4.78, 5) is 26.2. The number of methoxy groups -OCH3 is 1. The second kappa shape index (κ2) is 12.6. The zero-order chi connectivity index (χ0) is 28.8. The van der Waals surface area contributed by atoms with Crippen LogP contribution in [0.3, 0.4) is 0 Å². The van der Waals surface area contributed by atoms with Gasteiger partial charge in [-0.2, -0.15) is 10.1 Å². The number of nitrogens with zero attached hydrogens (tertiary/aromatic N) is 5. The number of para-hydroxylation sites is 1. The number of benzene rings is 1. The van der Waals surface area contributed by atoms with Crippen molar-refractivity contribution in [2.24, 2.45) is 11.8 Å². The summed E-state index contributed by atoms with van der Waals surface area (Å²) < 4.78 is 7.70.